The number of hydrogen-bond donors (Lipinski definition) is 0. The van der Waals surface area contributed by atoms with Gasteiger partial charge >= 0.3 is 5.97 Å². The highest BCUT2D eigenvalue weighted by atomic mass is 35.5. The van der Waals surface area contributed by atoms with E-state index in [-0.39, 0.29) is 24.2 Å². The van der Waals surface area contributed by atoms with Gasteiger partial charge < -0.3 is 14.4 Å². The van der Waals surface area contributed by atoms with Crippen molar-refractivity contribution in [2.45, 2.75) is 26.2 Å². The average Bonchev–Trinajstić information content (AvgIpc) is 2.57. The molecule has 2 rings (SSSR count). The fourth-order valence-corrected chi connectivity index (χ4v) is 2.94. The quantitative estimate of drug-likeness (QED) is 0.774. The van der Waals surface area contributed by atoms with E-state index in [2.05, 4.69) is 0 Å². The van der Waals surface area contributed by atoms with Gasteiger partial charge in [-0.05, 0) is 37.5 Å². The van der Waals surface area contributed by atoms with Crippen molar-refractivity contribution < 1.29 is 19.1 Å². The summed E-state index contributed by atoms with van der Waals surface area (Å²) in [5.41, 5.74) is 0.782. The zero-order valence-electron chi connectivity index (χ0n) is 13.5. The van der Waals surface area contributed by atoms with Crippen molar-refractivity contribution in [1.82, 2.24) is 4.90 Å². The van der Waals surface area contributed by atoms with E-state index in [0.717, 1.165) is 5.56 Å². The second-order valence-electron chi connectivity index (χ2n) is 5.54. The number of piperidine rings is 1. The molecular weight excluding hydrogens is 318 g/mol. The minimum atomic E-state index is -0.155. The Bertz CT molecular complexity index is 568. The maximum absolute atomic E-state index is 12.4. The van der Waals surface area contributed by atoms with Gasteiger partial charge in [0.1, 0.15) is 5.75 Å². The smallest absolute Gasteiger partial charge is 0.309 e. The number of ether oxygens (including phenoxy) is 2. The third kappa shape index (κ3) is 4.61. The monoisotopic (exact) mass is 339 g/mol. The number of carbonyl (C=O) groups excluding carboxylic acids is 2. The molecule has 0 saturated carbocycles. The second-order valence-corrected chi connectivity index (χ2v) is 5.95. The van der Waals surface area contributed by atoms with Crippen LogP contribution in [0.2, 0.25) is 5.02 Å². The Kier molecular flexibility index (Phi) is 6.28. The van der Waals surface area contributed by atoms with Gasteiger partial charge in [-0.1, -0.05) is 17.7 Å². The molecule has 0 aliphatic carbocycles. The molecule has 0 aromatic heterocycles. The highest BCUT2D eigenvalue weighted by Gasteiger charge is 2.28. The van der Waals surface area contributed by atoms with Gasteiger partial charge in [0.05, 0.1) is 26.1 Å². The van der Waals surface area contributed by atoms with Crippen molar-refractivity contribution in [3.8, 4) is 5.75 Å². The number of likely N-dealkylation sites (tertiary alicyclic amines) is 1. The molecule has 0 radical (unpaired) electrons. The van der Waals surface area contributed by atoms with E-state index in [1.807, 2.05) is 6.07 Å². The predicted molar refractivity (Wildman–Crippen MR) is 87.6 cm³/mol. The molecule has 0 unspecified atom stereocenters. The first-order chi connectivity index (χ1) is 11.0. The van der Waals surface area contributed by atoms with Crippen molar-refractivity contribution in [3.05, 3.63) is 28.8 Å². The Morgan fingerprint density at radius 3 is 2.57 bits per heavy atom. The van der Waals surface area contributed by atoms with Gasteiger partial charge in [0.15, 0.2) is 0 Å². The van der Waals surface area contributed by atoms with E-state index in [4.69, 9.17) is 21.1 Å². The molecule has 1 saturated heterocycles. The van der Waals surface area contributed by atoms with Crippen LogP contribution in [0.3, 0.4) is 0 Å². The van der Waals surface area contributed by atoms with E-state index in [1.54, 1.807) is 31.1 Å². The summed E-state index contributed by atoms with van der Waals surface area (Å²) in [6.45, 7) is 3.36. The lowest BCUT2D eigenvalue weighted by Gasteiger charge is -2.31. The summed E-state index contributed by atoms with van der Waals surface area (Å²) in [6, 6.07) is 5.31. The molecule has 5 nitrogen and oxygen atoms in total. The topological polar surface area (TPSA) is 55.8 Å². The largest absolute Gasteiger partial charge is 0.497 e. The molecule has 23 heavy (non-hydrogen) atoms. The highest BCUT2D eigenvalue weighted by molar-refractivity contribution is 6.31. The van der Waals surface area contributed by atoms with Gasteiger partial charge in [0.2, 0.25) is 5.91 Å². The van der Waals surface area contributed by atoms with Crippen LogP contribution in [-0.4, -0.2) is 43.6 Å². The van der Waals surface area contributed by atoms with E-state index >= 15 is 0 Å². The van der Waals surface area contributed by atoms with Crippen LogP contribution >= 0.6 is 11.6 Å². The summed E-state index contributed by atoms with van der Waals surface area (Å²) in [5.74, 6) is 0.446. The lowest BCUT2D eigenvalue weighted by atomic mass is 9.96. The minimum absolute atomic E-state index is 0.0272. The van der Waals surface area contributed by atoms with Gasteiger partial charge in [-0.15, -0.1) is 0 Å². The summed E-state index contributed by atoms with van der Waals surface area (Å²) in [7, 11) is 1.57. The number of amides is 1. The molecule has 0 bridgehead atoms. The SMILES string of the molecule is CCOC(=O)C1CCN(C(=O)Cc2ccc(OC)cc2Cl)CC1. The van der Waals surface area contributed by atoms with Crippen LogP contribution in [0.15, 0.2) is 18.2 Å². The van der Waals surface area contributed by atoms with Crippen LogP contribution in [0.4, 0.5) is 0 Å². The molecule has 1 aromatic rings. The normalized spacial score (nSPS) is 15.3. The Balaban J connectivity index is 1.89. The molecule has 0 N–H and O–H groups in total. The Morgan fingerprint density at radius 1 is 1.30 bits per heavy atom. The van der Waals surface area contributed by atoms with E-state index < -0.39 is 0 Å². The molecule has 1 aliphatic heterocycles. The van der Waals surface area contributed by atoms with Gasteiger partial charge in [-0.2, -0.15) is 0 Å². The molecule has 1 heterocycles. The first-order valence-electron chi connectivity index (χ1n) is 7.82. The Morgan fingerprint density at radius 2 is 2.00 bits per heavy atom. The number of hydrogen-bond acceptors (Lipinski definition) is 4. The van der Waals surface area contributed by atoms with Crippen LogP contribution in [-0.2, 0) is 20.7 Å². The Labute approximate surface area is 141 Å². The molecule has 1 aliphatic rings. The molecule has 0 atom stereocenters. The number of esters is 1. The lowest BCUT2D eigenvalue weighted by molar-refractivity contribution is -0.151. The van der Waals surface area contributed by atoms with Crippen molar-refractivity contribution >= 4 is 23.5 Å². The average molecular weight is 340 g/mol. The zero-order valence-corrected chi connectivity index (χ0v) is 14.3. The number of rotatable bonds is 5. The maximum Gasteiger partial charge on any atom is 0.309 e. The number of halogens is 1. The van der Waals surface area contributed by atoms with Crippen LogP contribution in [0.1, 0.15) is 25.3 Å². The van der Waals surface area contributed by atoms with Gasteiger partial charge in [-0.25, -0.2) is 0 Å². The summed E-state index contributed by atoms with van der Waals surface area (Å²) in [6.07, 6.45) is 1.56. The van der Waals surface area contributed by atoms with Gasteiger partial charge in [0, 0.05) is 18.1 Å². The fraction of sp³-hybridized carbons (Fsp3) is 0.529. The van der Waals surface area contributed by atoms with E-state index in [0.29, 0.717) is 43.3 Å². The zero-order chi connectivity index (χ0) is 16.8. The van der Waals surface area contributed by atoms with Crippen molar-refractivity contribution in [3.63, 3.8) is 0 Å². The number of methoxy groups -OCH3 is 1. The summed E-state index contributed by atoms with van der Waals surface area (Å²) < 4.78 is 10.1. The summed E-state index contributed by atoms with van der Waals surface area (Å²) in [5, 5.41) is 0.527. The molecule has 0 spiro atoms. The molecule has 1 aromatic carbocycles. The first-order valence-corrected chi connectivity index (χ1v) is 8.19. The standard InChI is InChI=1S/C17H22ClNO4/c1-3-23-17(21)12-6-8-19(9-7-12)16(20)10-13-4-5-14(22-2)11-15(13)18/h4-5,11-12H,3,6-10H2,1-2H3. The first kappa shape index (κ1) is 17.6. The number of carbonyl (C=O) groups is 2. The molecule has 126 valence electrons. The van der Waals surface area contributed by atoms with Crippen molar-refractivity contribution in [1.29, 1.82) is 0 Å². The third-order valence-electron chi connectivity index (χ3n) is 4.07. The van der Waals surface area contributed by atoms with E-state index in [9.17, 15) is 9.59 Å². The number of nitrogens with zero attached hydrogens (tertiary/aromatic N) is 1. The summed E-state index contributed by atoms with van der Waals surface area (Å²) >= 11 is 6.18. The Hall–Kier alpha value is -1.75. The highest BCUT2D eigenvalue weighted by Crippen LogP contribution is 2.24. The fourth-order valence-electron chi connectivity index (χ4n) is 2.70. The van der Waals surface area contributed by atoms with Crippen LogP contribution in [0.5, 0.6) is 5.75 Å². The van der Waals surface area contributed by atoms with Crippen LogP contribution < -0.4 is 4.74 Å². The predicted octanol–water partition coefficient (Wildman–Crippen LogP) is 2.69. The molecule has 6 heteroatoms. The lowest BCUT2D eigenvalue weighted by Crippen LogP contribution is -2.41. The minimum Gasteiger partial charge on any atom is -0.497 e. The van der Waals surface area contributed by atoms with Crippen LogP contribution in [0, 0.1) is 5.92 Å². The molecule has 1 amide bonds. The maximum atomic E-state index is 12.4. The van der Waals surface area contributed by atoms with Crippen LogP contribution in [0.25, 0.3) is 0 Å². The van der Waals surface area contributed by atoms with Crippen molar-refractivity contribution in [2.24, 2.45) is 5.92 Å². The third-order valence-corrected chi connectivity index (χ3v) is 4.42. The second kappa shape index (κ2) is 8.20. The molecule has 1 fully saturated rings. The number of benzene rings is 1. The van der Waals surface area contributed by atoms with Gasteiger partial charge in [0.25, 0.3) is 0 Å². The van der Waals surface area contributed by atoms with Gasteiger partial charge in [-0.3, -0.25) is 9.59 Å². The molecular formula is C17H22ClNO4. The van der Waals surface area contributed by atoms with Crippen molar-refractivity contribution in [2.75, 3.05) is 26.8 Å². The summed E-state index contributed by atoms with van der Waals surface area (Å²) in [4.78, 5) is 25.9. The van der Waals surface area contributed by atoms with E-state index in [1.165, 1.54) is 0 Å².